The molecule has 1 saturated carbocycles. The first-order valence-corrected chi connectivity index (χ1v) is 12.2. The Labute approximate surface area is 199 Å². The van der Waals surface area contributed by atoms with Crippen molar-refractivity contribution >= 4 is 28.4 Å². The highest BCUT2D eigenvalue weighted by molar-refractivity contribution is 7.19. The molecule has 2 fully saturated rings. The molecule has 0 radical (unpaired) electrons. The van der Waals surface area contributed by atoms with Crippen LogP contribution in [0.2, 0.25) is 0 Å². The highest BCUT2D eigenvalue weighted by atomic mass is 32.1. The number of halogens is 2. The molecule has 1 aliphatic carbocycles. The molecular formula is C23H26F2N4O4S. The minimum Gasteiger partial charge on any atom is -0.434 e. The molecular weight excluding hydrogens is 466 g/mol. The fraction of sp³-hybridized carbons (Fsp3) is 0.522. The number of benzene rings is 1. The van der Waals surface area contributed by atoms with Gasteiger partial charge in [0.1, 0.15) is 5.75 Å². The van der Waals surface area contributed by atoms with Gasteiger partial charge in [-0.1, -0.05) is 11.3 Å². The molecule has 3 heterocycles. The number of nitrogens with zero attached hydrogens (tertiary/aromatic N) is 3. The lowest BCUT2D eigenvalue weighted by Gasteiger charge is -2.26. The summed E-state index contributed by atoms with van der Waals surface area (Å²) >= 11 is 1.26. The van der Waals surface area contributed by atoms with Gasteiger partial charge < -0.3 is 19.3 Å². The molecule has 1 N–H and O–H groups in total. The number of aryl methyl sites for hydroxylation is 1. The largest absolute Gasteiger partial charge is 0.434 e. The molecule has 3 aliphatic rings. The molecule has 8 nitrogen and oxygen atoms in total. The van der Waals surface area contributed by atoms with Gasteiger partial charge in [0.05, 0.1) is 29.3 Å². The van der Waals surface area contributed by atoms with E-state index in [0.29, 0.717) is 60.7 Å². The van der Waals surface area contributed by atoms with Crippen LogP contribution in [-0.4, -0.2) is 65.7 Å². The molecule has 3 amide bonds. The summed E-state index contributed by atoms with van der Waals surface area (Å²) in [6.07, 6.45) is 2.15. The summed E-state index contributed by atoms with van der Waals surface area (Å²) < 4.78 is 36.5. The smallest absolute Gasteiger partial charge is 0.387 e. The number of urea groups is 1. The van der Waals surface area contributed by atoms with Crippen LogP contribution in [0.4, 0.5) is 18.7 Å². The minimum absolute atomic E-state index is 0.0508. The Kier molecular flexibility index (Phi) is 6.15. The molecule has 0 bridgehead atoms. The monoisotopic (exact) mass is 492 g/mol. The van der Waals surface area contributed by atoms with Crippen molar-refractivity contribution in [2.75, 3.05) is 31.6 Å². The van der Waals surface area contributed by atoms with E-state index in [2.05, 4.69) is 10.3 Å². The number of amides is 3. The average molecular weight is 493 g/mol. The van der Waals surface area contributed by atoms with Gasteiger partial charge in [0.25, 0.3) is 5.91 Å². The maximum absolute atomic E-state index is 13.2. The second-order valence-corrected chi connectivity index (χ2v) is 9.86. The average Bonchev–Trinajstić information content (AvgIpc) is 3.52. The number of alkyl halides is 2. The zero-order valence-corrected chi connectivity index (χ0v) is 19.8. The Morgan fingerprint density at radius 1 is 1.29 bits per heavy atom. The number of carbonyl (C=O) groups is 2. The van der Waals surface area contributed by atoms with Crippen LogP contribution < -0.4 is 10.1 Å². The number of thiazole rings is 1. The Morgan fingerprint density at radius 2 is 2.03 bits per heavy atom. The summed E-state index contributed by atoms with van der Waals surface area (Å²) in [6.45, 7) is 3.11. The van der Waals surface area contributed by atoms with Gasteiger partial charge >= 0.3 is 12.6 Å². The third kappa shape index (κ3) is 4.46. The molecule has 1 saturated heterocycles. The van der Waals surface area contributed by atoms with Gasteiger partial charge in [-0.25, -0.2) is 9.78 Å². The van der Waals surface area contributed by atoms with Crippen LogP contribution in [0.1, 0.15) is 41.4 Å². The summed E-state index contributed by atoms with van der Waals surface area (Å²) in [5, 5.41) is 3.23. The molecule has 1 aromatic carbocycles. The van der Waals surface area contributed by atoms with E-state index in [1.54, 1.807) is 16.7 Å². The molecule has 2 aromatic rings. The molecule has 1 atom stereocenters. The summed E-state index contributed by atoms with van der Waals surface area (Å²) in [7, 11) is 0. The van der Waals surface area contributed by atoms with E-state index in [0.717, 1.165) is 17.7 Å². The highest BCUT2D eigenvalue weighted by Gasteiger charge is 2.40. The van der Waals surface area contributed by atoms with Gasteiger partial charge in [-0.15, -0.1) is 0 Å². The van der Waals surface area contributed by atoms with Crippen LogP contribution in [0, 0.1) is 12.8 Å². The molecule has 5 rings (SSSR count). The quantitative estimate of drug-likeness (QED) is 0.649. The topological polar surface area (TPSA) is 84.0 Å². The normalized spacial score (nSPS) is 18.9. The van der Waals surface area contributed by atoms with Crippen molar-refractivity contribution in [3.63, 3.8) is 0 Å². The van der Waals surface area contributed by atoms with Gasteiger partial charge in [0, 0.05) is 25.7 Å². The number of fused-ring (bicyclic) bond motifs is 1. The van der Waals surface area contributed by atoms with Crippen molar-refractivity contribution in [1.29, 1.82) is 0 Å². The van der Waals surface area contributed by atoms with E-state index in [1.165, 1.54) is 17.4 Å². The first-order chi connectivity index (χ1) is 16.3. The maximum Gasteiger partial charge on any atom is 0.387 e. The van der Waals surface area contributed by atoms with Crippen LogP contribution in [0.15, 0.2) is 12.1 Å². The number of rotatable bonds is 6. The van der Waals surface area contributed by atoms with Crippen molar-refractivity contribution < 1.29 is 27.8 Å². The Balaban J connectivity index is 1.44. The van der Waals surface area contributed by atoms with E-state index in [4.69, 9.17) is 9.47 Å². The minimum atomic E-state index is -3.05. The molecule has 1 aromatic heterocycles. The number of carbonyl (C=O) groups excluding carboxylic acids is 2. The second kappa shape index (κ2) is 9.10. The number of nitrogens with one attached hydrogen (secondary N) is 1. The van der Waals surface area contributed by atoms with E-state index >= 15 is 0 Å². The lowest BCUT2D eigenvalue weighted by atomic mass is 10.0. The van der Waals surface area contributed by atoms with E-state index < -0.39 is 6.61 Å². The third-order valence-corrected chi connectivity index (χ3v) is 7.70. The molecule has 182 valence electrons. The summed E-state index contributed by atoms with van der Waals surface area (Å²) in [5.41, 5.74) is 2.15. The zero-order valence-electron chi connectivity index (χ0n) is 19.0. The van der Waals surface area contributed by atoms with Crippen LogP contribution in [0.25, 0.3) is 10.4 Å². The van der Waals surface area contributed by atoms with Gasteiger partial charge in [-0.2, -0.15) is 8.78 Å². The van der Waals surface area contributed by atoms with Crippen molar-refractivity contribution in [1.82, 2.24) is 14.8 Å². The molecule has 2 aliphatic heterocycles. The molecule has 0 spiro atoms. The van der Waals surface area contributed by atoms with E-state index in [-0.39, 0.29) is 29.3 Å². The van der Waals surface area contributed by atoms with Crippen LogP contribution in [0.3, 0.4) is 0 Å². The van der Waals surface area contributed by atoms with Crippen molar-refractivity contribution in [2.45, 2.75) is 45.9 Å². The summed E-state index contributed by atoms with van der Waals surface area (Å²) in [4.78, 5) is 34.2. The lowest BCUT2D eigenvalue weighted by Crippen LogP contribution is -2.43. The second-order valence-electron chi connectivity index (χ2n) is 8.86. The van der Waals surface area contributed by atoms with Gasteiger partial charge in [-0.05, 0) is 55.9 Å². The van der Waals surface area contributed by atoms with Crippen LogP contribution in [0.5, 0.6) is 5.75 Å². The molecule has 0 unspecified atom stereocenters. The number of hydrogen-bond donors (Lipinski definition) is 1. The SMILES string of the molecule is Cc1nc(NC(=O)N2CCOCC2)sc1-c1cc2c(c(OC(F)F)c1)C(=O)N([C@@H](C)C1CC1)C2. The van der Waals surface area contributed by atoms with E-state index in [1.807, 2.05) is 13.0 Å². The Bertz CT molecular complexity index is 1110. The fourth-order valence-electron chi connectivity index (χ4n) is 4.58. The summed E-state index contributed by atoms with van der Waals surface area (Å²) in [6, 6.07) is 3.12. The fourth-order valence-corrected chi connectivity index (χ4v) is 5.52. The van der Waals surface area contributed by atoms with Crippen LogP contribution >= 0.6 is 11.3 Å². The molecule has 34 heavy (non-hydrogen) atoms. The van der Waals surface area contributed by atoms with Crippen LogP contribution in [-0.2, 0) is 11.3 Å². The standard InChI is InChI=1S/C23H26F2N4O4S/c1-12-19(34-22(26-12)27-23(31)28-5-7-32-8-6-28)15-9-16-11-29(13(2)14-3-4-14)20(30)18(16)17(10-15)33-21(24)25/h9-10,13-14,21H,3-8,11H2,1-2H3,(H,26,27,31)/t13-/m0/s1. The number of aromatic nitrogens is 1. The highest BCUT2D eigenvalue weighted by Crippen LogP contribution is 2.43. The van der Waals surface area contributed by atoms with Gasteiger partial charge in [-0.3, -0.25) is 10.1 Å². The number of morpholine rings is 1. The first kappa shape index (κ1) is 23.0. The number of anilines is 1. The van der Waals surface area contributed by atoms with Crippen molar-refractivity contribution in [3.05, 3.63) is 29.0 Å². The zero-order chi connectivity index (χ0) is 24.0. The number of ether oxygens (including phenoxy) is 2. The first-order valence-electron chi connectivity index (χ1n) is 11.4. The summed E-state index contributed by atoms with van der Waals surface area (Å²) in [5.74, 6) is 0.0689. The van der Waals surface area contributed by atoms with Crippen molar-refractivity contribution in [2.24, 2.45) is 5.92 Å². The Morgan fingerprint density at radius 3 is 2.71 bits per heavy atom. The molecule has 11 heteroatoms. The van der Waals surface area contributed by atoms with Crippen molar-refractivity contribution in [3.8, 4) is 16.2 Å². The number of hydrogen-bond acceptors (Lipinski definition) is 6. The van der Waals surface area contributed by atoms with Gasteiger partial charge in [0.2, 0.25) is 0 Å². The third-order valence-electron chi connectivity index (χ3n) is 6.58. The van der Waals surface area contributed by atoms with E-state index in [9.17, 15) is 18.4 Å². The maximum atomic E-state index is 13.2. The predicted molar refractivity (Wildman–Crippen MR) is 122 cm³/mol. The lowest BCUT2D eigenvalue weighted by molar-refractivity contribution is -0.0501. The predicted octanol–water partition coefficient (Wildman–Crippen LogP) is 4.34. The Hall–Kier alpha value is -2.79. The van der Waals surface area contributed by atoms with Gasteiger partial charge in [0.15, 0.2) is 5.13 Å².